The van der Waals surface area contributed by atoms with Crippen LogP contribution in [0.15, 0.2) is 72.8 Å². The number of ether oxygens (including phenoxy) is 1. The molecule has 1 amide bonds. The summed E-state index contributed by atoms with van der Waals surface area (Å²) in [6.45, 7) is 0. The SMILES string of the molecule is COc1ccc(-c2cccc(C(=O)Nc3ccc([N+](=O)[O-])cc3)c2)cc1. The monoisotopic (exact) mass is 348 g/mol. The summed E-state index contributed by atoms with van der Waals surface area (Å²) >= 11 is 0. The maximum absolute atomic E-state index is 12.5. The molecule has 130 valence electrons. The van der Waals surface area contributed by atoms with E-state index in [1.807, 2.05) is 36.4 Å². The third-order valence-electron chi connectivity index (χ3n) is 3.88. The van der Waals surface area contributed by atoms with Crippen LogP contribution < -0.4 is 10.1 Å². The second-order valence-electron chi connectivity index (χ2n) is 5.57. The van der Waals surface area contributed by atoms with Crippen molar-refractivity contribution in [3.05, 3.63) is 88.5 Å². The minimum absolute atomic E-state index is 0.0236. The molecule has 6 heteroatoms. The fraction of sp³-hybridized carbons (Fsp3) is 0.0500. The molecule has 0 heterocycles. The maximum atomic E-state index is 12.5. The van der Waals surface area contributed by atoms with Crippen LogP contribution in [0.4, 0.5) is 11.4 Å². The number of nitro groups is 1. The van der Waals surface area contributed by atoms with Crippen LogP contribution in [0.3, 0.4) is 0 Å². The van der Waals surface area contributed by atoms with E-state index in [0.717, 1.165) is 16.9 Å². The van der Waals surface area contributed by atoms with Gasteiger partial charge in [-0.05, 0) is 47.5 Å². The Morgan fingerprint density at radius 3 is 2.27 bits per heavy atom. The Morgan fingerprint density at radius 2 is 1.65 bits per heavy atom. The summed E-state index contributed by atoms with van der Waals surface area (Å²) in [5.41, 5.74) is 2.84. The summed E-state index contributed by atoms with van der Waals surface area (Å²) in [4.78, 5) is 22.6. The lowest BCUT2D eigenvalue weighted by Gasteiger charge is -2.08. The van der Waals surface area contributed by atoms with Crippen LogP contribution in [0, 0.1) is 10.1 Å². The molecule has 0 radical (unpaired) electrons. The highest BCUT2D eigenvalue weighted by atomic mass is 16.6. The number of amides is 1. The number of anilines is 1. The summed E-state index contributed by atoms with van der Waals surface area (Å²) in [6.07, 6.45) is 0. The average Bonchev–Trinajstić information content (AvgIpc) is 2.68. The van der Waals surface area contributed by atoms with Gasteiger partial charge >= 0.3 is 0 Å². The van der Waals surface area contributed by atoms with E-state index in [-0.39, 0.29) is 11.6 Å². The molecule has 26 heavy (non-hydrogen) atoms. The van der Waals surface area contributed by atoms with Gasteiger partial charge in [0.05, 0.1) is 12.0 Å². The molecule has 0 unspecified atom stereocenters. The Bertz CT molecular complexity index is 935. The molecule has 3 aromatic rings. The first-order chi connectivity index (χ1) is 12.6. The molecule has 0 saturated carbocycles. The smallest absolute Gasteiger partial charge is 0.269 e. The predicted octanol–water partition coefficient (Wildman–Crippen LogP) is 4.52. The molecule has 0 aliphatic carbocycles. The van der Waals surface area contributed by atoms with Crippen LogP contribution in [0.2, 0.25) is 0 Å². The van der Waals surface area contributed by atoms with Crippen LogP contribution in [-0.2, 0) is 0 Å². The Kier molecular flexibility index (Phi) is 4.94. The van der Waals surface area contributed by atoms with E-state index in [9.17, 15) is 14.9 Å². The first-order valence-corrected chi connectivity index (χ1v) is 7.87. The molecule has 0 saturated heterocycles. The van der Waals surface area contributed by atoms with Gasteiger partial charge < -0.3 is 10.1 Å². The number of nitro benzene ring substituents is 1. The fourth-order valence-corrected chi connectivity index (χ4v) is 2.49. The number of methoxy groups -OCH3 is 1. The van der Waals surface area contributed by atoms with Crippen molar-refractivity contribution < 1.29 is 14.5 Å². The zero-order valence-electron chi connectivity index (χ0n) is 14.0. The molecule has 3 aromatic carbocycles. The quantitative estimate of drug-likeness (QED) is 0.543. The molecular weight excluding hydrogens is 332 g/mol. The lowest BCUT2D eigenvalue weighted by Crippen LogP contribution is -2.11. The molecule has 0 spiro atoms. The summed E-state index contributed by atoms with van der Waals surface area (Å²) in [5, 5.41) is 13.4. The number of hydrogen-bond donors (Lipinski definition) is 1. The number of non-ortho nitro benzene ring substituents is 1. The lowest BCUT2D eigenvalue weighted by atomic mass is 10.0. The van der Waals surface area contributed by atoms with Gasteiger partial charge in [-0.1, -0.05) is 24.3 Å². The molecule has 0 aliphatic heterocycles. The highest BCUT2D eigenvalue weighted by Gasteiger charge is 2.09. The first-order valence-electron chi connectivity index (χ1n) is 7.87. The molecule has 1 N–H and O–H groups in total. The third-order valence-corrected chi connectivity index (χ3v) is 3.88. The minimum atomic E-state index is -0.482. The van der Waals surface area contributed by atoms with E-state index >= 15 is 0 Å². The van der Waals surface area contributed by atoms with Crippen molar-refractivity contribution in [3.63, 3.8) is 0 Å². The number of rotatable bonds is 5. The van der Waals surface area contributed by atoms with E-state index in [4.69, 9.17) is 4.74 Å². The standard InChI is InChI=1S/C20H16N2O4/c1-26-19-11-5-14(6-12-19)15-3-2-4-16(13-15)20(23)21-17-7-9-18(10-8-17)22(24)25/h2-13H,1H3,(H,21,23). The van der Waals surface area contributed by atoms with Crippen molar-refractivity contribution in [2.75, 3.05) is 12.4 Å². The fourth-order valence-electron chi connectivity index (χ4n) is 2.49. The molecule has 3 rings (SSSR count). The van der Waals surface area contributed by atoms with Crippen molar-refractivity contribution in [1.29, 1.82) is 0 Å². The van der Waals surface area contributed by atoms with Gasteiger partial charge in [-0.3, -0.25) is 14.9 Å². The number of hydrogen-bond acceptors (Lipinski definition) is 4. The zero-order valence-corrected chi connectivity index (χ0v) is 14.0. The van der Waals surface area contributed by atoms with Crippen LogP contribution in [0.1, 0.15) is 10.4 Å². The van der Waals surface area contributed by atoms with Crippen molar-refractivity contribution in [1.82, 2.24) is 0 Å². The summed E-state index contributed by atoms with van der Waals surface area (Å²) in [7, 11) is 1.61. The van der Waals surface area contributed by atoms with Crippen molar-refractivity contribution in [2.24, 2.45) is 0 Å². The van der Waals surface area contributed by atoms with E-state index in [1.165, 1.54) is 24.3 Å². The van der Waals surface area contributed by atoms with E-state index in [0.29, 0.717) is 11.3 Å². The lowest BCUT2D eigenvalue weighted by molar-refractivity contribution is -0.384. The number of benzene rings is 3. The van der Waals surface area contributed by atoms with E-state index in [2.05, 4.69) is 5.32 Å². The molecule has 0 aromatic heterocycles. The second kappa shape index (κ2) is 7.48. The molecule has 0 aliphatic rings. The molecule has 6 nitrogen and oxygen atoms in total. The first kappa shape index (κ1) is 17.2. The largest absolute Gasteiger partial charge is 0.497 e. The summed E-state index contributed by atoms with van der Waals surface area (Å²) < 4.78 is 5.15. The van der Waals surface area contributed by atoms with Crippen molar-refractivity contribution in [2.45, 2.75) is 0 Å². The zero-order chi connectivity index (χ0) is 18.5. The van der Waals surface area contributed by atoms with Gasteiger partial charge in [-0.2, -0.15) is 0 Å². The maximum Gasteiger partial charge on any atom is 0.269 e. The Hall–Kier alpha value is -3.67. The van der Waals surface area contributed by atoms with Crippen LogP contribution in [-0.4, -0.2) is 17.9 Å². The average molecular weight is 348 g/mol. The van der Waals surface area contributed by atoms with Crippen molar-refractivity contribution >= 4 is 17.3 Å². The second-order valence-corrected chi connectivity index (χ2v) is 5.57. The molecule has 0 fully saturated rings. The molecular formula is C20H16N2O4. The Morgan fingerprint density at radius 1 is 0.962 bits per heavy atom. The van der Waals surface area contributed by atoms with Crippen LogP contribution in [0.25, 0.3) is 11.1 Å². The van der Waals surface area contributed by atoms with Gasteiger partial charge in [-0.25, -0.2) is 0 Å². The highest BCUT2D eigenvalue weighted by Crippen LogP contribution is 2.24. The van der Waals surface area contributed by atoms with Gasteiger partial charge in [-0.15, -0.1) is 0 Å². The number of carbonyl (C=O) groups is 1. The Balaban J connectivity index is 1.78. The minimum Gasteiger partial charge on any atom is -0.497 e. The van der Waals surface area contributed by atoms with Crippen LogP contribution >= 0.6 is 0 Å². The predicted molar refractivity (Wildman–Crippen MR) is 99.5 cm³/mol. The van der Waals surface area contributed by atoms with Gasteiger partial charge in [0.25, 0.3) is 11.6 Å². The van der Waals surface area contributed by atoms with Gasteiger partial charge in [0.1, 0.15) is 5.75 Å². The summed E-state index contributed by atoms with van der Waals surface area (Å²) in [6, 6.07) is 20.5. The third kappa shape index (κ3) is 3.87. The Labute approximate surface area is 150 Å². The molecule has 0 bridgehead atoms. The van der Waals surface area contributed by atoms with E-state index in [1.54, 1.807) is 19.2 Å². The van der Waals surface area contributed by atoms with E-state index < -0.39 is 4.92 Å². The van der Waals surface area contributed by atoms with Crippen LogP contribution in [0.5, 0.6) is 5.75 Å². The number of carbonyl (C=O) groups excluding carboxylic acids is 1. The van der Waals surface area contributed by atoms with Gasteiger partial charge in [0.15, 0.2) is 0 Å². The molecule has 0 atom stereocenters. The van der Waals surface area contributed by atoms with Gasteiger partial charge in [0, 0.05) is 23.4 Å². The highest BCUT2D eigenvalue weighted by molar-refractivity contribution is 6.05. The van der Waals surface area contributed by atoms with Gasteiger partial charge in [0.2, 0.25) is 0 Å². The van der Waals surface area contributed by atoms with Crippen molar-refractivity contribution in [3.8, 4) is 16.9 Å². The summed E-state index contributed by atoms with van der Waals surface area (Å²) in [5.74, 6) is 0.482. The number of nitrogens with one attached hydrogen (secondary N) is 1. The normalized spacial score (nSPS) is 10.2. The topological polar surface area (TPSA) is 81.5 Å². The number of nitrogens with zero attached hydrogens (tertiary/aromatic N) is 1.